The maximum Gasteiger partial charge on any atom is 0.156 e. The van der Waals surface area contributed by atoms with Gasteiger partial charge in [0, 0.05) is 31.4 Å². The van der Waals surface area contributed by atoms with Gasteiger partial charge in [-0.1, -0.05) is 0 Å². The predicted molar refractivity (Wildman–Crippen MR) is 106 cm³/mol. The number of nitrogens with zero attached hydrogens (tertiary/aromatic N) is 6. The number of anilines is 2. The molecule has 2 atom stereocenters. The van der Waals surface area contributed by atoms with Gasteiger partial charge in [0.25, 0.3) is 0 Å². The zero-order chi connectivity index (χ0) is 18.4. The highest BCUT2D eigenvalue weighted by Gasteiger charge is 2.30. The van der Waals surface area contributed by atoms with Crippen molar-refractivity contribution >= 4 is 17.3 Å². The van der Waals surface area contributed by atoms with Crippen molar-refractivity contribution in [2.75, 3.05) is 22.9 Å². The molecule has 7 nitrogen and oxygen atoms in total. The summed E-state index contributed by atoms with van der Waals surface area (Å²) < 4.78 is 0. The standard InChI is InChI=1S/C20H25N7/c1-13-10-14(21)6-9-26(13)18-12-23-19-16(25-18)11-24-20(19)27-8-3-4-15-17(27)5-2-7-22-15/h2,5,7,12-14H,3-4,6,8-11,21H2,1H3/t13-,14+/m0/s1. The van der Waals surface area contributed by atoms with E-state index in [-0.39, 0.29) is 0 Å². The van der Waals surface area contributed by atoms with Crippen LogP contribution < -0.4 is 15.5 Å². The number of hydrogen-bond donors (Lipinski definition) is 1. The number of hydrogen-bond acceptors (Lipinski definition) is 7. The fraction of sp³-hybridized carbons (Fsp3) is 0.500. The molecule has 0 spiro atoms. The summed E-state index contributed by atoms with van der Waals surface area (Å²) in [6.45, 7) is 4.70. The van der Waals surface area contributed by atoms with E-state index in [1.165, 1.54) is 0 Å². The first-order valence-electron chi connectivity index (χ1n) is 9.85. The van der Waals surface area contributed by atoms with Crippen LogP contribution in [0.15, 0.2) is 29.5 Å². The molecular weight excluding hydrogens is 338 g/mol. The van der Waals surface area contributed by atoms with Gasteiger partial charge in [-0.25, -0.2) is 9.97 Å². The molecular formula is C20H25N7. The molecule has 1 fully saturated rings. The Balaban J connectivity index is 1.44. The third-order valence-corrected chi connectivity index (χ3v) is 5.84. The second-order valence-electron chi connectivity index (χ2n) is 7.71. The highest BCUT2D eigenvalue weighted by Crippen LogP contribution is 2.30. The molecule has 0 unspecified atom stereocenters. The van der Waals surface area contributed by atoms with Crippen LogP contribution in [0.2, 0.25) is 0 Å². The zero-order valence-electron chi connectivity index (χ0n) is 15.7. The minimum atomic E-state index is 0.293. The lowest BCUT2D eigenvalue weighted by Crippen LogP contribution is -2.46. The molecule has 0 radical (unpaired) electrons. The van der Waals surface area contributed by atoms with E-state index in [2.05, 4.69) is 27.8 Å². The molecule has 27 heavy (non-hydrogen) atoms. The zero-order valence-corrected chi connectivity index (χ0v) is 15.7. The molecule has 140 valence electrons. The Morgan fingerprint density at radius 3 is 3.00 bits per heavy atom. The number of rotatable bonds is 1. The lowest BCUT2D eigenvalue weighted by molar-refractivity contribution is 0.426. The van der Waals surface area contributed by atoms with Gasteiger partial charge >= 0.3 is 0 Å². The molecule has 0 bridgehead atoms. The van der Waals surface area contributed by atoms with Crippen LogP contribution in [0.5, 0.6) is 0 Å². The summed E-state index contributed by atoms with van der Waals surface area (Å²) in [5.74, 6) is 1.89. The van der Waals surface area contributed by atoms with E-state index in [0.29, 0.717) is 18.6 Å². The first-order valence-corrected chi connectivity index (χ1v) is 9.85. The molecule has 0 amide bonds. The molecule has 2 aromatic heterocycles. The maximum absolute atomic E-state index is 6.10. The number of aliphatic imine (C=N–C) groups is 1. The number of aromatic nitrogens is 3. The number of fused-ring (bicyclic) bond motifs is 2. The molecule has 3 aliphatic heterocycles. The average Bonchev–Trinajstić information content (AvgIpc) is 3.10. The van der Waals surface area contributed by atoms with E-state index in [1.807, 2.05) is 18.5 Å². The Morgan fingerprint density at radius 2 is 2.11 bits per heavy atom. The molecule has 2 aromatic rings. The van der Waals surface area contributed by atoms with Crippen LogP contribution in [-0.2, 0) is 13.0 Å². The summed E-state index contributed by atoms with van der Waals surface area (Å²) in [5.41, 5.74) is 10.3. The first-order chi connectivity index (χ1) is 13.2. The molecule has 3 aliphatic rings. The maximum atomic E-state index is 6.10. The van der Waals surface area contributed by atoms with Gasteiger partial charge in [0.15, 0.2) is 5.84 Å². The molecule has 2 N–H and O–H groups in total. The van der Waals surface area contributed by atoms with Gasteiger partial charge in [0.2, 0.25) is 0 Å². The normalized spacial score (nSPS) is 24.4. The lowest BCUT2D eigenvalue weighted by atomic mass is 9.99. The van der Waals surface area contributed by atoms with Gasteiger partial charge in [-0.05, 0) is 44.7 Å². The predicted octanol–water partition coefficient (Wildman–Crippen LogP) is 1.90. The van der Waals surface area contributed by atoms with Crippen LogP contribution in [0.3, 0.4) is 0 Å². The van der Waals surface area contributed by atoms with Gasteiger partial charge in [0.1, 0.15) is 11.5 Å². The van der Waals surface area contributed by atoms with Gasteiger partial charge in [-0.15, -0.1) is 0 Å². The van der Waals surface area contributed by atoms with Crippen molar-refractivity contribution < 1.29 is 0 Å². The third-order valence-electron chi connectivity index (χ3n) is 5.84. The number of nitrogens with two attached hydrogens (primary N) is 1. The number of piperidine rings is 1. The number of amidine groups is 1. The molecule has 0 aromatic carbocycles. The molecule has 7 heteroatoms. The van der Waals surface area contributed by atoms with Crippen LogP contribution in [0.4, 0.5) is 11.5 Å². The quantitative estimate of drug-likeness (QED) is 0.833. The summed E-state index contributed by atoms with van der Waals surface area (Å²) >= 11 is 0. The van der Waals surface area contributed by atoms with Crippen molar-refractivity contribution in [2.45, 2.75) is 51.2 Å². The molecule has 1 saturated heterocycles. The summed E-state index contributed by atoms with van der Waals surface area (Å²) in [7, 11) is 0. The van der Waals surface area contributed by atoms with E-state index >= 15 is 0 Å². The monoisotopic (exact) mass is 363 g/mol. The lowest BCUT2D eigenvalue weighted by Gasteiger charge is -2.37. The minimum absolute atomic E-state index is 0.293. The number of pyridine rings is 1. The average molecular weight is 363 g/mol. The Morgan fingerprint density at radius 1 is 1.19 bits per heavy atom. The van der Waals surface area contributed by atoms with E-state index in [1.54, 1.807) is 0 Å². The van der Waals surface area contributed by atoms with Crippen LogP contribution in [0, 0.1) is 0 Å². The van der Waals surface area contributed by atoms with Crippen molar-refractivity contribution in [2.24, 2.45) is 10.7 Å². The van der Waals surface area contributed by atoms with Gasteiger partial charge in [0.05, 0.1) is 29.8 Å². The first kappa shape index (κ1) is 16.6. The van der Waals surface area contributed by atoms with E-state index < -0.39 is 0 Å². The molecule has 0 saturated carbocycles. The van der Waals surface area contributed by atoms with E-state index in [4.69, 9.17) is 20.7 Å². The summed E-state index contributed by atoms with van der Waals surface area (Å²) in [6, 6.07) is 4.80. The van der Waals surface area contributed by atoms with Crippen molar-refractivity contribution in [3.63, 3.8) is 0 Å². The van der Waals surface area contributed by atoms with Crippen molar-refractivity contribution in [3.8, 4) is 0 Å². The third kappa shape index (κ3) is 2.86. The fourth-order valence-corrected chi connectivity index (χ4v) is 4.45. The van der Waals surface area contributed by atoms with E-state index in [9.17, 15) is 0 Å². The Kier molecular flexibility index (Phi) is 4.04. The Labute approximate surface area is 159 Å². The van der Waals surface area contributed by atoms with Crippen molar-refractivity contribution in [1.29, 1.82) is 0 Å². The van der Waals surface area contributed by atoms with Gasteiger partial charge < -0.3 is 15.5 Å². The van der Waals surface area contributed by atoms with Crippen molar-refractivity contribution in [3.05, 3.63) is 41.6 Å². The topological polar surface area (TPSA) is 83.5 Å². The highest BCUT2D eigenvalue weighted by molar-refractivity contribution is 6.11. The summed E-state index contributed by atoms with van der Waals surface area (Å²) in [4.78, 5) is 23.6. The Hall–Kier alpha value is -2.54. The summed E-state index contributed by atoms with van der Waals surface area (Å²) in [5, 5.41) is 0. The van der Waals surface area contributed by atoms with Crippen molar-refractivity contribution in [1.82, 2.24) is 15.0 Å². The van der Waals surface area contributed by atoms with Gasteiger partial charge in [-0.3, -0.25) is 9.98 Å². The number of aryl methyl sites for hydroxylation is 1. The van der Waals surface area contributed by atoms with Crippen LogP contribution >= 0.6 is 0 Å². The van der Waals surface area contributed by atoms with Gasteiger partial charge in [-0.2, -0.15) is 0 Å². The van der Waals surface area contributed by atoms with Crippen LogP contribution in [-0.4, -0.2) is 46.0 Å². The van der Waals surface area contributed by atoms with E-state index in [0.717, 1.165) is 73.2 Å². The molecule has 5 heterocycles. The second kappa shape index (κ2) is 6.56. The minimum Gasteiger partial charge on any atom is -0.353 e. The second-order valence-corrected chi connectivity index (χ2v) is 7.71. The molecule has 0 aliphatic carbocycles. The SMILES string of the molecule is C[C@H]1C[C@H](N)CCN1c1cnc2c(n1)CN=C2N1CCCc2ncccc21. The van der Waals surface area contributed by atoms with Crippen LogP contribution in [0.25, 0.3) is 0 Å². The Bertz CT molecular complexity index is 894. The summed E-state index contributed by atoms with van der Waals surface area (Å²) in [6.07, 6.45) is 7.87. The highest BCUT2D eigenvalue weighted by atomic mass is 15.3. The molecule has 5 rings (SSSR count). The largest absolute Gasteiger partial charge is 0.353 e. The van der Waals surface area contributed by atoms with Crippen LogP contribution in [0.1, 0.15) is 43.3 Å². The smallest absolute Gasteiger partial charge is 0.156 e. The fourth-order valence-electron chi connectivity index (χ4n) is 4.45.